The molecule has 0 bridgehead atoms. The van der Waals surface area contributed by atoms with Crippen LogP contribution < -0.4 is 5.32 Å². The number of carbonyl (C=O) groups excluding carboxylic acids is 2. The quantitative estimate of drug-likeness (QED) is 0.0322. The van der Waals surface area contributed by atoms with Gasteiger partial charge in [-0.3, -0.25) is 9.59 Å². The van der Waals surface area contributed by atoms with E-state index in [2.05, 4.69) is 43.5 Å². The standard InChI is InChI=1S/C55H105NO5/c1-3-5-7-9-11-13-14-15-16-19-23-26-29-33-37-41-45-49-55(60)61-50-46-42-38-34-30-27-24-21-18-17-20-22-25-28-32-36-40-44-48-54(59)56-52(51-57)53(58)47-43-39-35-31-12-10-8-6-4-2/h15-16,20,22,52-53,57-58H,3-14,17-19,21,23-51H2,1-2H3,(H,56,59)/b16-15-,22-20-. The molecule has 0 saturated carbocycles. The van der Waals surface area contributed by atoms with E-state index in [1.165, 1.54) is 199 Å². The molecular weight excluding hydrogens is 755 g/mol. The van der Waals surface area contributed by atoms with Gasteiger partial charge in [-0.2, -0.15) is 0 Å². The van der Waals surface area contributed by atoms with Crippen molar-refractivity contribution in [1.29, 1.82) is 0 Å². The largest absolute Gasteiger partial charge is 0.466 e. The first kappa shape index (κ1) is 59.3. The van der Waals surface area contributed by atoms with Crippen LogP contribution in [0.4, 0.5) is 0 Å². The van der Waals surface area contributed by atoms with Crippen LogP contribution in [-0.4, -0.2) is 47.4 Å². The first-order valence-corrected chi connectivity index (χ1v) is 27.1. The molecule has 0 aliphatic rings. The number of amides is 1. The third-order valence-electron chi connectivity index (χ3n) is 12.5. The fraction of sp³-hybridized carbons (Fsp3) is 0.891. The lowest BCUT2D eigenvalue weighted by molar-refractivity contribution is -0.143. The molecular formula is C55H105NO5. The summed E-state index contributed by atoms with van der Waals surface area (Å²) in [5.41, 5.74) is 0. The molecule has 2 unspecified atom stereocenters. The third kappa shape index (κ3) is 47.7. The molecule has 0 spiro atoms. The summed E-state index contributed by atoms with van der Waals surface area (Å²) in [6, 6.07) is -0.549. The van der Waals surface area contributed by atoms with Gasteiger partial charge >= 0.3 is 5.97 Å². The van der Waals surface area contributed by atoms with Crippen molar-refractivity contribution in [3.63, 3.8) is 0 Å². The van der Waals surface area contributed by atoms with Crippen LogP contribution in [0, 0.1) is 0 Å². The van der Waals surface area contributed by atoms with Crippen molar-refractivity contribution >= 4 is 11.9 Å². The van der Waals surface area contributed by atoms with Crippen LogP contribution in [0.3, 0.4) is 0 Å². The fourth-order valence-electron chi connectivity index (χ4n) is 8.28. The predicted molar refractivity (Wildman–Crippen MR) is 264 cm³/mol. The Morgan fingerprint density at radius 3 is 1.16 bits per heavy atom. The summed E-state index contributed by atoms with van der Waals surface area (Å²) in [6.45, 7) is 4.91. The molecule has 0 heterocycles. The average molecular weight is 860 g/mol. The number of hydrogen-bond acceptors (Lipinski definition) is 5. The fourth-order valence-corrected chi connectivity index (χ4v) is 8.28. The second kappa shape index (κ2) is 51.0. The van der Waals surface area contributed by atoms with Crippen molar-refractivity contribution in [3.05, 3.63) is 24.3 Å². The molecule has 2 atom stereocenters. The summed E-state index contributed by atoms with van der Waals surface area (Å²) in [4.78, 5) is 24.4. The maximum absolute atomic E-state index is 12.4. The Kier molecular flexibility index (Phi) is 49.6. The molecule has 3 N–H and O–H groups in total. The van der Waals surface area contributed by atoms with E-state index < -0.39 is 12.1 Å². The Labute approximate surface area is 380 Å². The summed E-state index contributed by atoms with van der Waals surface area (Å²) >= 11 is 0. The Morgan fingerprint density at radius 1 is 0.443 bits per heavy atom. The zero-order valence-corrected chi connectivity index (χ0v) is 40.9. The molecule has 0 rings (SSSR count). The van der Waals surface area contributed by atoms with Gasteiger partial charge in [-0.25, -0.2) is 0 Å². The second-order valence-electron chi connectivity index (χ2n) is 18.6. The van der Waals surface area contributed by atoms with E-state index in [9.17, 15) is 19.8 Å². The van der Waals surface area contributed by atoms with Gasteiger partial charge in [0, 0.05) is 12.8 Å². The molecule has 6 nitrogen and oxygen atoms in total. The highest BCUT2D eigenvalue weighted by Gasteiger charge is 2.20. The van der Waals surface area contributed by atoms with Gasteiger partial charge in [0.1, 0.15) is 0 Å². The molecule has 0 aliphatic heterocycles. The van der Waals surface area contributed by atoms with Crippen LogP contribution >= 0.6 is 0 Å². The van der Waals surface area contributed by atoms with Crippen LogP contribution in [0.25, 0.3) is 0 Å². The lowest BCUT2D eigenvalue weighted by Gasteiger charge is -2.22. The van der Waals surface area contributed by atoms with Gasteiger partial charge < -0.3 is 20.3 Å². The van der Waals surface area contributed by atoms with Crippen LogP contribution in [0.2, 0.25) is 0 Å². The molecule has 6 heteroatoms. The van der Waals surface area contributed by atoms with E-state index >= 15 is 0 Å². The molecule has 0 fully saturated rings. The maximum atomic E-state index is 12.4. The summed E-state index contributed by atoms with van der Waals surface area (Å²) in [7, 11) is 0. The topological polar surface area (TPSA) is 95.9 Å². The van der Waals surface area contributed by atoms with Crippen molar-refractivity contribution in [2.45, 2.75) is 302 Å². The monoisotopic (exact) mass is 860 g/mol. The number of allylic oxidation sites excluding steroid dienone is 4. The number of nitrogens with one attached hydrogen (secondary N) is 1. The Balaban J connectivity index is 3.41. The first-order valence-electron chi connectivity index (χ1n) is 27.1. The van der Waals surface area contributed by atoms with Crippen LogP contribution in [-0.2, 0) is 14.3 Å². The molecule has 0 aromatic carbocycles. The summed E-state index contributed by atoms with van der Waals surface area (Å²) in [5, 5.41) is 23.1. The molecule has 1 amide bonds. The average Bonchev–Trinajstić information content (AvgIpc) is 3.26. The Hall–Kier alpha value is -1.66. The van der Waals surface area contributed by atoms with Gasteiger partial charge in [-0.1, -0.05) is 224 Å². The maximum Gasteiger partial charge on any atom is 0.305 e. The van der Waals surface area contributed by atoms with Crippen LogP contribution in [0.5, 0.6) is 0 Å². The highest BCUT2D eigenvalue weighted by atomic mass is 16.5. The molecule has 0 aromatic heterocycles. The lowest BCUT2D eigenvalue weighted by atomic mass is 10.0. The van der Waals surface area contributed by atoms with Gasteiger partial charge in [0.15, 0.2) is 0 Å². The zero-order chi connectivity index (χ0) is 44.4. The van der Waals surface area contributed by atoms with Gasteiger partial charge in [-0.05, 0) is 77.0 Å². The zero-order valence-electron chi connectivity index (χ0n) is 40.9. The summed E-state index contributed by atoms with van der Waals surface area (Å²) in [6.07, 6.45) is 60.2. The normalized spacial score (nSPS) is 12.8. The minimum atomic E-state index is -0.670. The number of unbranched alkanes of at least 4 members (excludes halogenated alkanes) is 35. The van der Waals surface area contributed by atoms with Crippen molar-refractivity contribution in [2.24, 2.45) is 0 Å². The number of aliphatic hydroxyl groups excluding tert-OH is 2. The van der Waals surface area contributed by atoms with E-state index in [1.807, 2.05) is 0 Å². The van der Waals surface area contributed by atoms with E-state index in [0.29, 0.717) is 25.9 Å². The Bertz CT molecular complexity index is 951. The van der Waals surface area contributed by atoms with Gasteiger partial charge in [0.05, 0.1) is 25.4 Å². The van der Waals surface area contributed by atoms with Crippen molar-refractivity contribution in [3.8, 4) is 0 Å². The molecule has 360 valence electrons. The van der Waals surface area contributed by atoms with Crippen molar-refractivity contribution in [1.82, 2.24) is 5.32 Å². The van der Waals surface area contributed by atoms with Gasteiger partial charge in [0.25, 0.3) is 0 Å². The highest BCUT2D eigenvalue weighted by molar-refractivity contribution is 5.76. The molecule has 0 aliphatic carbocycles. The highest BCUT2D eigenvalue weighted by Crippen LogP contribution is 2.16. The molecule has 0 aromatic rings. The smallest absolute Gasteiger partial charge is 0.305 e. The SMILES string of the molecule is CCCCCCCC/C=C\CCCCCCCCCC(=O)OCCCCCCCCCCC/C=C\CCCCCCCC(=O)NC(CO)C(O)CCCCCCCCCCC. The van der Waals surface area contributed by atoms with Crippen molar-refractivity contribution < 1.29 is 24.5 Å². The van der Waals surface area contributed by atoms with Crippen molar-refractivity contribution in [2.75, 3.05) is 13.2 Å². The number of aliphatic hydroxyl groups is 2. The Morgan fingerprint density at radius 2 is 0.770 bits per heavy atom. The second-order valence-corrected chi connectivity index (χ2v) is 18.6. The number of esters is 1. The van der Waals surface area contributed by atoms with E-state index in [1.54, 1.807) is 0 Å². The van der Waals surface area contributed by atoms with E-state index in [4.69, 9.17) is 4.74 Å². The predicted octanol–water partition coefficient (Wildman–Crippen LogP) is 16.3. The van der Waals surface area contributed by atoms with E-state index in [-0.39, 0.29) is 18.5 Å². The third-order valence-corrected chi connectivity index (χ3v) is 12.5. The number of rotatable bonds is 50. The van der Waals surface area contributed by atoms with Crippen LogP contribution in [0.15, 0.2) is 24.3 Å². The first-order chi connectivity index (χ1) is 30.0. The number of ether oxygens (including phenoxy) is 1. The molecule has 0 radical (unpaired) electrons. The van der Waals surface area contributed by atoms with E-state index in [0.717, 1.165) is 57.8 Å². The lowest BCUT2D eigenvalue weighted by Crippen LogP contribution is -2.45. The minimum absolute atomic E-state index is 0.000693. The van der Waals surface area contributed by atoms with Gasteiger partial charge in [0.2, 0.25) is 5.91 Å². The molecule has 61 heavy (non-hydrogen) atoms. The number of hydrogen-bond donors (Lipinski definition) is 3. The van der Waals surface area contributed by atoms with Crippen LogP contribution in [0.1, 0.15) is 290 Å². The molecule has 0 saturated heterocycles. The minimum Gasteiger partial charge on any atom is -0.466 e. The number of carbonyl (C=O) groups is 2. The summed E-state index contributed by atoms with van der Waals surface area (Å²) < 4.78 is 5.48. The summed E-state index contributed by atoms with van der Waals surface area (Å²) in [5.74, 6) is -0.0526. The van der Waals surface area contributed by atoms with Gasteiger partial charge in [-0.15, -0.1) is 0 Å².